The largest absolute Gasteiger partial charge is 0.480 e. The molecule has 238 valence electrons. The highest BCUT2D eigenvalue weighted by Crippen LogP contribution is 2.46. The number of likely N-dealkylation sites (tertiary alicyclic amines) is 1. The lowest BCUT2D eigenvalue weighted by Gasteiger charge is -2.50. The summed E-state index contributed by atoms with van der Waals surface area (Å²) in [5.41, 5.74) is 1.97. The van der Waals surface area contributed by atoms with Crippen molar-refractivity contribution in [3.05, 3.63) is 23.8 Å². The molecule has 11 nitrogen and oxygen atoms in total. The number of likely N-dealkylation sites (N-methyl/N-ethyl adjacent to an activating group) is 1. The number of aromatic carboxylic acids is 1. The second-order valence-corrected chi connectivity index (χ2v) is 15.1. The van der Waals surface area contributed by atoms with Gasteiger partial charge in [-0.15, -0.1) is 0 Å². The molecule has 1 aromatic carbocycles. The van der Waals surface area contributed by atoms with Crippen LogP contribution in [0.3, 0.4) is 0 Å². The Morgan fingerprint density at radius 2 is 1.77 bits per heavy atom. The first-order valence-electron chi connectivity index (χ1n) is 15.8. The molecule has 0 aromatic heterocycles. The molecule has 6 unspecified atom stereocenters. The number of carboxylic acids is 2. The van der Waals surface area contributed by atoms with Gasteiger partial charge in [-0.25, -0.2) is 4.79 Å². The van der Waals surface area contributed by atoms with Crippen LogP contribution >= 0.6 is 0 Å². The Labute approximate surface area is 254 Å². The zero-order valence-electron chi connectivity index (χ0n) is 26.4. The molecule has 0 spiro atoms. The van der Waals surface area contributed by atoms with Crippen LogP contribution in [0.2, 0.25) is 0 Å². The van der Waals surface area contributed by atoms with E-state index in [2.05, 4.69) is 60.0 Å². The Hall–Kier alpha value is -2.44. The maximum absolute atomic E-state index is 12.1. The molecule has 0 radical (unpaired) electrons. The van der Waals surface area contributed by atoms with Gasteiger partial charge < -0.3 is 29.9 Å². The average Bonchev–Trinajstić information content (AvgIpc) is 3.46. The Morgan fingerprint density at radius 3 is 2.35 bits per heavy atom. The molecule has 1 aromatic rings. The summed E-state index contributed by atoms with van der Waals surface area (Å²) in [6.07, 6.45) is 3.73. The smallest absolute Gasteiger partial charge is 0.335 e. The third-order valence-corrected chi connectivity index (χ3v) is 10.5. The molecule has 0 bridgehead atoms. The first kappa shape index (κ1) is 30.6. The van der Waals surface area contributed by atoms with Crippen molar-refractivity contribution in [1.82, 2.24) is 15.1 Å². The summed E-state index contributed by atoms with van der Waals surface area (Å²) < 4.78 is 12.1. The highest BCUT2D eigenvalue weighted by molar-refractivity contribution is 5.92. The van der Waals surface area contributed by atoms with Gasteiger partial charge in [0.2, 0.25) is 0 Å². The number of ether oxygens (including phenoxy) is 2. The van der Waals surface area contributed by atoms with Crippen molar-refractivity contribution in [3.63, 3.8) is 0 Å². The van der Waals surface area contributed by atoms with Gasteiger partial charge in [0.05, 0.1) is 48.1 Å². The first-order chi connectivity index (χ1) is 20.2. The van der Waals surface area contributed by atoms with Gasteiger partial charge in [0.15, 0.2) is 0 Å². The fraction of sp³-hybridized carbons (Fsp3) is 0.750. The number of rotatable bonds is 9. The van der Waals surface area contributed by atoms with Gasteiger partial charge in [-0.2, -0.15) is 0 Å². The summed E-state index contributed by atoms with van der Waals surface area (Å²) in [6.45, 7) is 14.2. The molecule has 4 N–H and O–H groups in total. The quantitative estimate of drug-likeness (QED) is 0.334. The third kappa shape index (κ3) is 5.63. The summed E-state index contributed by atoms with van der Waals surface area (Å²) in [5, 5.41) is 27.1. The number of hydrogen-bond donors (Lipinski definition) is 4. The van der Waals surface area contributed by atoms with Crippen LogP contribution in [0.5, 0.6) is 0 Å². The van der Waals surface area contributed by atoms with Crippen molar-refractivity contribution in [1.29, 1.82) is 0 Å². The van der Waals surface area contributed by atoms with Gasteiger partial charge in [0.1, 0.15) is 12.2 Å². The van der Waals surface area contributed by atoms with Crippen LogP contribution in [-0.2, 0) is 14.3 Å². The fourth-order valence-electron chi connectivity index (χ4n) is 8.12. The van der Waals surface area contributed by atoms with E-state index in [4.69, 9.17) is 9.47 Å². The number of anilines is 2. The maximum atomic E-state index is 12.1. The number of fused-ring (bicyclic) bond motifs is 2. The summed E-state index contributed by atoms with van der Waals surface area (Å²) in [4.78, 5) is 30.7. The van der Waals surface area contributed by atoms with E-state index in [1.807, 2.05) is 13.1 Å². The average molecular weight is 600 g/mol. The summed E-state index contributed by atoms with van der Waals surface area (Å²) >= 11 is 0. The third-order valence-electron chi connectivity index (χ3n) is 10.5. The van der Waals surface area contributed by atoms with Gasteiger partial charge in [-0.05, 0) is 56.3 Å². The molecule has 0 saturated carbocycles. The molecule has 5 aliphatic rings. The second-order valence-electron chi connectivity index (χ2n) is 15.1. The number of hydrogen-bond acceptors (Lipinski definition) is 9. The van der Waals surface area contributed by atoms with E-state index in [0.717, 1.165) is 43.8 Å². The van der Waals surface area contributed by atoms with E-state index in [9.17, 15) is 19.8 Å². The monoisotopic (exact) mass is 599 g/mol. The van der Waals surface area contributed by atoms with Crippen molar-refractivity contribution in [2.75, 3.05) is 43.6 Å². The van der Waals surface area contributed by atoms with Crippen molar-refractivity contribution in [2.45, 2.75) is 103 Å². The lowest BCUT2D eigenvalue weighted by molar-refractivity contribution is -0.160. The van der Waals surface area contributed by atoms with Crippen LogP contribution < -0.4 is 15.5 Å². The molecular weight excluding hydrogens is 550 g/mol. The zero-order valence-corrected chi connectivity index (χ0v) is 26.4. The van der Waals surface area contributed by atoms with Crippen molar-refractivity contribution < 1.29 is 29.3 Å². The highest BCUT2D eigenvalue weighted by atomic mass is 16.5. The predicted molar refractivity (Wildman–Crippen MR) is 163 cm³/mol. The molecule has 43 heavy (non-hydrogen) atoms. The predicted octanol–water partition coefficient (Wildman–Crippen LogP) is 3.31. The fourth-order valence-corrected chi connectivity index (χ4v) is 8.12. The van der Waals surface area contributed by atoms with Gasteiger partial charge >= 0.3 is 11.9 Å². The lowest BCUT2D eigenvalue weighted by Crippen LogP contribution is -2.62. The molecule has 5 aliphatic heterocycles. The van der Waals surface area contributed by atoms with Crippen LogP contribution in [0.1, 0.15) is 70.7 Å². The minimum atomic E-state index is -0.926. The zero-order chi connectivity index (χ0) is 30.8. The molecule has 0 amide bonds. The van der Waals surface area contributed by atoms with Crippen LogP contribution in [-0.4, -0.2) is 108 Å². The Balaban J connectivity index is 1.19. The second kappa shape index (κ2) is 11.2. The van der Waals surface area contributed by atoms with Crippen molar-refractivity contribution in [2.24, 2.45) is 16.7 Å². The lowest BCUT2D eigenvalue weighted by atomic mass is 9.76. The van der Waals surface area contributed by atoms with E-state index in [0.29, 0.717) is 25.5 Å². The summed E-state index contributed by atoms with van der Waals surface area (Å²) in [6, 6.07) is 5.07. The minimum absolute atomic E-state index is 0.00401. The van der Waals surface area contributed by atoms with Crippen LogP contribution in [0, 0.1) is 16.7 Å². The number of aliphatic carboxylic acids is 1. The number of nitrogens with zero attached hydrogens (tertiary/aromatic N) is 3. The maximum Gasteiger partial charge on any atom is 0.335 e. The van der Waals surface area contributed by atoms with E-state index < -0.39 is 18.0 Å². The topological polar surface area (TPSA) is 127 Å². The molecule has 4 saturated heterocycles. The van der Waals surface area contributed by atoms with E-state index in [1.165, 1.54) is 0 Å². The molecule has 11 heteroatoms. The van der Waals surface area contributed by atoms with Crippen molar-refractivity contribution >= 4 is 23.3 Å². The molecule has 5 heterocycles. The molecule has 0 aliphatic carbocycles. The molecule has 6 rings (SSSR count). The van der Waals surface area contributed by atoms with E-state index in [-0.39, 0.29) is 53.1 Å². The Morgan fingerprint density at radius 1 is 1.02 bits per heavy atom. The standard InChI is InChI=1S/C32H49N5O6/c1-31(2,3)29-34-22-9-10-23(28(40)41)35(6)26(22)37(29)16-25-19(17-43-25)14-32(4,5)30-33-21-8-7-18(27(38)39)13-24(21)36(30)15-20-11-12-42-20/h7-8,13,19-20,22-23,25-26,29-30,33-34H,9-12,14-17H2,1-6H3,(H,38,39)(H,40,41)/t19?,20-,22?,23?,25+,26?,29?,30?/m0/s1. The normalized spacial score (nSPS) is 34.6. The number of carbonyl (C=O) groups is 2. The van der Waals surface area contributed by atoms with Gasteiger partial charge in [-0.3, -0.25) is 19.9 Å². The molecular formula is C32H49N5O6. The summed E-state index contributed by atoms with van der Waals surface area (Å²) in [5.74, 6) is -1.33. The van der Waals surface area contributed by atoms with Gasteiger partial charge in [0, 0.05) is 37.1 Å². The molecule has 4 fully saturated rings. The summed E-state index contributed by atoms with van der Waals surface area (Å²) in [7, 11) is 1.96. The highest BCUT2D eigenvalue weighted by Gasteiger charge is 2.53. The van der Waals surface area contributed by atoms with E-state index >= 15 is 0 Å². The van der Waals surface area contributed by atoms with Crippen LogP contribution in [0.15, 0.2) is 18.2 Å². The number of piperidine rings is 1. The number of nitrogens with one attached hydrogen (secondary N) is 2. The van der Waals surface area contributed by atoms with Gasteiger partial charge in [0.25, 0.3) is 0 Å². The minimum Gasteiger partial charge on any atom is -0.480 e. The Kier molecular flexibility index (Phi) is 7.95. The Bertz CT molecular complexity index is 1230. The van der Waals surface area contributed by atoms with E-state index in [1.54, 1.807) is 12.1 Å². The number of carboxylic acid groups (broad SMARTS) is 2. The first-order valence-corrected chi connectivity index (χ1v) is 15.8. The van der Waals surface area contributed by atoms with Crippen LogP contribution in [0.25, 0.3) is 0 Å². The number of benzene rings is 1. The van der Waals surface area contributed by atoms with Crippen molar-refractivity contribution in [3.8, 4) is 0 Å². The SMILES string of the molecule is CN1C(C(=O)O)CCC2NC(C(C)(C)C)N(C[C@H]3OCC3CC(C)(C)C3Nc4ccc(C(=O)O)cc4N3C[C@@H]3CCO3)C21. The van der Waals surface area contributed by atoms with Crippen LogP contribution in [0.4, 0.5) is 11.4 Å². The van der Waals surface area contributed by atoms with Gasteiger partial charge in [-0.1, -0.05) is 34.6 Å². The molecule has 8 atom stereocenters.